The van der Waals surface area contributed by atoms with Gasteiger partial charge in [0.15, 0.2) is 0 Å². The zero-order valence-corrected chi connectivity index (χ0v) is 13.1. The maximum absolute atomic E-state index is 12.8. The molecule has 1 amide bonds. The molecule has 6 heteroatoms. The Hall–Kier alpha value is -0.750. The molecule has 1 saturated carbocycles. The van der Waals surface area contributed by atoms with E-state index in [2.05, 4.69) is 0 Å². The van der Waals surface area contributed by atoms with Gasteiger partial charge in [-0.2, -0.15) is 0 Å². The molecule has 3 fully saturated rings. The summed E-state index contributed by atoms with van der Waals surface area (Å²) in [7, 11) is 0. The van der Waals surface area contributed by atoms with Crippen LogP contribution in [0.5, 0.6) is 0 Å². The van der Waals surface area contributed by atoms with E-state index in [-0.39, 0.29) is 30.5 Å². The molecule has 2 heterocycles. The van der Waals surface area contributed by atoms with Crippen molar-refractivity contribution in [2.45, 2.75) is 57.1 Å². The van der Waals surface area contributed by atoms with E-state index >= 15 is 0 Å². The summed E-state index contributed by atoms with van der Waals surface area (Å²) >= 11 is 0. The van der Waals surface area contributed by atoms with Gasteiger partial charge in [0.2, 0.25) is 5.91 Å². The van der Waals surface area contributed by atoms with E-state index < -0.39 is 6.43 Å². The van der Waals surface area contributed by atoms with Gasteiger partial charge in [0, 0.05) is 12.5 Å². The number of amides is 1. The van der Waals surface area contributed by atoms with E-state index in [1.54, 1.807) is 4.90 Å². The quantitative estimate of drug-likeness (QED) is 0.800. The maximum atomic E-state index is 12.8. The normalized spacial score (nSPS) is 31.3. The van der Waals surface area contributed by atoms with Crippen LogP contribution >= 0.6 is 0 Å². The third kappa shape index (κ3) is 3.59. The van der Waals surface area contributed by atoms with Crippen molar-refractivity contribution < 1.29 is 18.3 Å². The van der Waals surface area contributed by atoms with Crippen molar-refractivity contribution in [1.29, 1.82) is 0 Å². The topological polar surface area (TPSA) is 32.8 Å². The SMILES string of the molecule is O=C(C1CCN(CC(F)F)CC1)N1CCO[C@H]2CCCC[C@@H]21. The van der Waals surface area contributed by atoms with Gasteiger partial charge in [0.25, 0.3) is 6.43 Å². The van der Waals surface area contributed by atoms with Gasteiger partial charge in [0.05, 0.1) is 25.3 Å². The van der Waals surface area contributed by atoms with Crippen LogP contribution in [-0.2, 0) is 9.53 Å². The van der Waals surface area contributed by atoms with Crippen LogP contribution in [0.25, 0.3) is 0 Å². The third-order valence-electron chi connectivity index (χ3n) is 5.35. The van der Waals surface area contributed by atoms with Gasteiger partial charge >= 0.3 is 0 Å². The highest BCUT2D eigenvalue weighted by molar-refractivity contribution is 5.79. The number of piperidine rings is 1. The predicted octanol–water partition coefficient (Wildman–Crippen LogP) is 2.13. The lowest BCUT2D eigenvalue weighted by molar-refractivity contribution is -0.155. The Labute approximate surface area is 130 Å². The molecule has 0 aromatic heterocycles. The summed E-state index contributed by atoms with van der Waals surface area (Å²) in [5.74, 6) is 0.242. The van der Waals surface area contributed by atoms with Crippen molar-refractivity contribution in [3.05, 3.63) is 0 Å². The lowest BCUT2D eigenvalue weighted by Gasteiger charge is -2.45. The Morgan fingerprint density at radius 1 is 1.09 bits per heavy atom. The number of hydrogen-bond donors (Lipinski definition) is 0. The molecule has 0 radical (unpaired) electrons. The van der Waals surface area contributed by atoms with Gasteiger partial charge < -0.3 is 9.64 Å². The Morgan fingerprint density at radius 3 is 2.55 bits per heavy atom. The van der Waals surface area contributed by atoms with Gasteiger partial charge in [-0.05, 0) is 38.8 Å². The fourth-order valence-corrected chi connectivity index (χ4v) is 4.16. The number of ether oxygens (including phenoxy) is 1. The zero-order valence-electron chi connectivity index (χ0n) is 13.1. The minimum atomic E-state index is -2.28. The Balaban J connectivity index is 1.55. The van der Waals surface area contributed by atoms with Crippen LogP contribution in [0.1, 0.15) is 38.5 Å². The molecule has 0 N–H and O–H groups in total. The number of rotatable bonds is 3. The Kier molecular flexibility index (Phi) is 5.29. The number of likely N-dealkylation sites (tertiary alicyclic amines) is 1. The summed E-state index contributed by atoms with van der Waals surface area (Å²) in [5.41, 5.74) is 0. The molecule has 0 spiro atoms. The first-order valence-corrected chi connectivity index (χ1v) is 8.57. The number of carbonyl (C=O) groups is 1. The summed E-state index contributed by atoms with van der Waals surface area (Å²) < 4.78 is 30.7. The van der Waals surface area contributed by atoms with Gasteiger partial charge in [-0.1, -0.05) is 12.8 Å². The lowest BCUT2D eigenvalue weighted by Crippen LogP contribution is -2.57. The summed E-state index contributed by atoms with van der Waals surface area (Å²) in [5, 5.41) is 0. The average Bonchev–Trinajstić information content (AvgIpc) is 2.54. The molecule has 0 aromatic rings. The maximum Gasteiger partial charge on any atom is 0.251 e. The Morgan fingerprint density at radius 2 is 1.82 bits per heavy atom. The number of hydrogen-bond acceptors (Lipinski definition) is 3. The number of alkyl halides is 2. The molecular weight excluding hydrogens is 290 g/mol. The van der Waals surface area contributed by atoms with E-state index in [0.29, 0.717) is 39.1 Å². The van der Waals surface area contributed by atoms with Crippen LogP contribution in [0, 0.1) is 5.92 Å². The van der Waals surface area contributed by atoms with E-state index in [1.165, 1.54) is 12.8 Å². The smallest absolute Gasteiger partial charge is 0.251 e. The molecule has 2 atom stereocenters. The van der Waals surface area contributed by atoms with Crippen molar-refractivity contribution in [3.8, 4) is 0 Å². The van der Waals surface area contributed by atoms with Crippen molar-refractivity contribution in [3.63, 3.8) is 0 Å². The molecule has 0 aromatic carbocycles. The number of halogens is 2. The standard InChI is InChI=1S/C16H26F2N2O2/c17-15(18)11-19-7-5-12(6-8-19)16(21)20-9-10-22-14-4-2-1-3-13(14)20/h12-15H,1-11H2/t13-,14-/m0/s1. The van der Waals surface area contributed by atoms with Crippen LogP contribution < -0.4 is 0 Å². The van der Waals surface area contributed by atoms with Gasteiger partial charge in [0.1, 0.15) is 0 Å². The first-order chi connectivity index (χ1) is 10.6. The largest absolute Gasteiger partial charge is 0.374 e. The summed E-state index contributed by atoms with van der Waals surface area (Å²) in [4.78, 5) is 16.7. The fraction of sp³-hybridized carbons (Fsp3) is 0.938. The molecule has 3 rings (SSSR count). The zero-order chi connectivity index (χ0) is 15.5. The van der Waals surface area contributed by atoms with E-state index in [0.717, 1.165) is 12.8 Å². The van der Waals surface area contributed by atoms with Gasteiger partial charge in [-0.25, -0.2) is 8.78 Å². The molecule has 0 unspecified atom stereocenters. The van der Waals surface area contributed by atoms with Crippen LogP contribution in [0.4, 0.5) is 8.78 Å². The van der Waals surface area contributed by atoms with Gasteiger partial charge in [-0.3, -0.25) is 9.69 Å². The number of carbonyl (C=O) groups excluding carboxylic acids is 1. The number of morpholine rings is 1. The molecule has 0 bridgehead atoms. The van der Waals surface area contributed by atoms with E-state index in [4.69, 9.17) is 4.74 Å². The van der Waals surface area contributed by atoms with Crippen molar-refractivity contribution in [1.82, 2.24) is 9.80 Å². The first-order valence-electron chi connectivity index (χ1n) is 8.57. The molecule has 126 valence electrons. The molecule has 22 heavy (non-hydrogen) atoms. The first kappa shape index (κ1) is 16.1. The minimum Gasteiger partial charge on any atom is -0.374 e. The van der Waals surface area contributed by atoms with Crippen molar-refractivity contribution in [2.24, 2.45) is 5.92 Å². The molecule has 1 aliphatic carbocycles. The van der Waals surface area contributed by atoms with Crippen molar-refractivity contribution >= 4 is 5.91 Å². The fourth-order valence-electron chi connectivity index (χ4n) is 4.16. The highest BCUT2D eigenvalue weighted by Crippen LogP contribution is 2.31. The minimum absolute atomic E-state index is 0.00889. The summed E-state index contributed by atoms with van der Waals surface area (Å²) in [6.07, 6.45) is 3.80. The highest BCUT2D eigenvalue weighted by Gasteiger charge is 2.39. The average molecular weight is 316 g/mol. The van der Waals surface area contributed by atoms with Crippen LogP contribution in [0.2, 0.25) is 0 Å². The third-order valence-corrected chi connectivity index (χ3v) is 5.35. The van der Waals surface area contributed by atoms with Crippen LogP contribution in [0.3, 0.4) is 0 Å². The van der Waals surface area contributed by atoms with E-state index in [1.807, 2.05) is 4.90 Å². The van der Waals surface area contributed by atoms with Crippen molar-refractivity contribution in [2.75, 3.05) is 32.8 Å². The number of nitrogens with zero attached hydrogens (tertiary/aromatic N) is 2. The second-order valence-corrected chi connectivity index (χ2v) is 6.76. The molecular formula is C16H26F2N2O2. The Bertz CT molecular complexity index is 384. The molecule has 3 aliphatic rings. The second kappa shape index (κ2) is 7.21. The summed E-state index contributed by atoms with van der Waals surface area (Å²) in [6, 6.07) is 0.245. The van der Waals surface area contributed by atoms with Gasteiger partial charge in [-0.15, -0.1) is 0 Å². The molecule has 2 aliphatic heterocycles. The van der Waals surface area contributed by atoms with E-state index in [9.17, 15) is 13.6 Å². The molecule has 2 saturated heterocycles. The second-order valence-electron chi connectivity index (χ2n) is 6.76. The monoisotopic (exact) mass is 316 g/mol. The van der Waals surface area contributed by atoms with Crippen LogP contribution in [-0.4, -0.2) is 67.1 Å². The summed E-state index contributed by atoms with van der Waals surface area (Å²) in [6.45, 7) is 2.38. The number of fused-ring (bicyclic) bond motifs is 1. The highest BCUT2D eigenvalue weighted by atomic mass is 19.3. The van der Waals surface area contributed by atoms with Crippen LogP contribution in [0.15, 0.2) is 0 Å². The predicted molar refractivity (Wildman–Crippen MR) is 78.9 cm³/mol. The lowest BCUT2D eigenvalue weighted by atomic mass is 9.88. The molecule has 4 nitrogen and oxygen atoms in total.